The molecular weight excluding hydrogens is 579 g/mol. The molecule has 0 fully saturated rings. The normalized spacial score (nSPS) is 13.8. The molecule has 0 aliphatic heterocycles. The quantitative estimate of drug-likeness (QED) is 0.118. The minimum absolute atomic E-state index is 0.0188. The molecule has 0 bridgehead atoms. The van der Waals surface area contributed by atoms with Gasteiger partial charge in [0.25, 0.3) is 5.60 Å². The summed E-state index contributed by atoms with van der Waals surface area (Å²) < 4.78 is 42.9. The second kappa shape index (κ2) is 14.4. The van der Waals surface area contributed by atoms with Gasteiger partial charge >= 0.3 is 17.9 Å². The van der Waals surface area contributed by atoms with Gasteiger partial charge < -0.3 is 34.5 Å². The molecule has 13 nitrogen and oxygen atoms in total. The van der Waals surface area contributed by atoms with Gasteiger partial charge in [-0.15, -0.1) is 0 Å². The second-order valence-electron chi connectivity index (χ2n) is 8.92. The number of hydrogen-bond acceptors (Lipinski definition) is 12. The lowest BCUT2D eigenvalue weighted by Crippen LogP contribution is -2.55. The molecule has 0 saturated heterocycles. The Morgan fingerprint density at radius 3 is 2.24 bits per heavy atom. The van der Waals surface area contributed by atoms with Gasteiger partial charge in [-0.25, -0.2) is 23.8 Å². The van der Waals surface area contributed by atoms with Crippen LogP contribution in [-0.2, 0) is 39.7 Å². The third kappa shape index (κ3) is 6.95. The summed E-state index contributed by atoms with van der Waals surface area (Å²) in [6.45, 7) is 2.24. The van der Waals surface area contributed by atoms with Gasteiger partial charge in [0.05, 0.1) is 37.9 Å². The molecule has 15 heteroatoms. The Balaban J connectivity index is 1.93. The lowest BCUT2D eigenvalue weighted by molar-refractivity contribution is -0.199. The van der Waals surface area contributed by atoms with Gasteiger partial charge in [-0.05, 0) is 49.2 Å². The van der Waals surface area contributed by atoms with Crippen molar-refractivity contribution in [2.24, 2.45) is 0 Å². The van der Waals surface area contributed by atoms with Crippen LogP contribution in [0.5, 0.6) is 0 Å². The Morgan fingerprint density at radius 2 is 1.69 bits per heavy atom. The number of fused-ring (bicyclic) bond motifs is 1. The average Bonchev–Trinajstić information content (AvgIpc) is 3.40. The smallest absolute Gasteiger partial charge is 0.350 e. The number of aromatic nitrogens is 3. The summed E-state index contributed by atoms with van der Waals surface area (Å²) in [7, 11) is 2.42. The van der Waals surface area contributed by atoms with Gasteiger partial charge in [-0.2, -0.15) is 4.98 Å². The number of nitrogens with zero attached hydrogens (tertiary/aromatic N) is 3. The third-order valence-electron chi connectivity index (χ3n) is 6.34. The van der Waals surface area contributed by atoms with Crippen molar-refractivity contribution < 1.29 is 47.6 Å². The van der Waals surface area contributed by atoms with Crippen LogP contribution in [0.4, 0.5) is 10.2 Å². The summed E-state index contributed by atoms with van der Waals surface area (Å²) in [5, 5.41) is 11.0. The van der Waals surface area contributed by atoms with Crippen molar-refractivity contribution in [2.45, 2.75) is 44.4 Å². The zero-order chi connectivity index (χ0) is 31.0. The molecule has 2 aromatic heterocycles. The summed E-state index contributed by atoms with van der Waals surface area (Å²) in [6, 6.07) is 7.34. The van der Waals surface area contributed by atoms with Gasteiger partial charge in [-0.1, -0.05) is 12.1 Å². The highest BCUT2D eigenvalue weighted by Crippen LogP contribution is 2.29. The first-order valence-corrected chi connectivity index (χ1v) is 13.2. The molecule has 0 aliphatic carbocycles. The standard InChI is InChI=1S/C27H32ClFN4O9/c1-5-40-24(36)27(25(37)41-6-2,13-15-7-9-16(10-8-15)23(35)39-4)42-14-18(38-3)19(34)20(29)33-12-11-17-21(30)31-26(28)32-22(17)33/h7-12,18-20,34H,5-6,13-14H2,1-4H3,(H2,30,31,32)/t18-,19-,20-/m1/s1. The molecule has 0 saturated carbocycles. The van der Waals surface area contributed by atoms with E-state index in [9.17, 15) is 19.5 Å². The molecule has 0 unspecified atom stereocenters. The first-order chi connectivity index (χ1) is 20.0. The van der Waals surface area contributed by atoms with Crippen LogP contribution in [0.15, 0.2) is 36.5 Å². The number of carbonyl (C=O) groups excluding carboxylic acids is 3. The summed E-state index contributed by atoms with van der Waals surface area (Å²) in [6.07, 6.45) is -4.52. The van der Waals surface area contributed by atoms with Crippen LogP contribution in [-0.4, -0.2) is 89.4 Å². The highest BCUT2D eigenvalue weighted by molar-refractivity contribution is 6.28. The number of esters is 3. The van der Waals surface area contributed by atoms with Crippen LogP contribution < -0.4 is 5.73 Å². The van der Waals surface area contributed by atoms with E-state index >= 15 is 4.39 Å². The van der Waals surface area contributed by atoms with E-state index in [1.165, 1.54) is 50.7 Å². The molecule has 42 heavy (non-hydrogen) atoms. The summed E-state index contributed by atoms with van der Waals surface area (Å²) in [5.41, 5.74) is 4.14. The van der Waals surface area contributed by atoms with Crippen LogP contribution in [0.3, 0.4) is 0 Å². The molecule has 3 aromatic rings. The molecule has 228 valence electrons. The Bertz CT molecular complexity index is 1380. The molecule has 0 aliphatic rings. The maximum absolute atomic E-state index is 15.7. The fourth-order valence-electron chi connectivity index (χ4n) is 4.16. The largest absolute Gasteiger partial charge is 0.465 e. The summed E-state index contributed by atoms with van der Waals surface area (Å²) in [4.78, 5) is 46.2. The molecule has 3 N–H and O–H groups in total. The number of nitrogens with two attached hydrogens (primary N) is 1. The fourth-order valence-corrected chi connectivity index (χ4v) is 4.33. The first-order valence-electron chi connectivity index (χ1n) is 12.8. The minimum Gasteiger partial charge on any atom is -0.465 e. The van der Waals surface area contributed by atoms with Gasteiger partial charge in [0.2, 0.25) is 11.6 Å². The Labute approximate surface area is 245 Å². The third-order valence-corrected chi connectivity index (χ3v) is 6.51. The van der Waals surface area contributed by atoms with E-state index in [4.69, 9.17) is 41.0 Å². The van der Waals surface area contributed by atoms with Crippen molar-refractivity contribution in [3.8, 4) is 0 Å². The van der Waals surface area contributed by atoms with Crippen molar-refractivity contribution in [1.29, 1.82) is 0 Å². The average molecular weight is 611 g/mol. The number of carbonyl (C=O) groups is 3. The number of aliphatic hydroxyl groups is 1. The van der Waals surface area contributed by atoms with Gasteiger partial charge in [0.1, 0.15) is 23.7 Å². The number of anilines is 1. The van der Waals surface area contributed by atoms with Gasteiger partial charge in [0, 0.05) is 19.7 Å². The SMILES string of the molecule is CCOC(=O)C(Cc1ccc(C(=O)OC)cc1)(OC[C@@H](OC)[C@@H](O)[C@H](F)n1ccc2c(N)nc(Cl)nc21)C(=O)OCC. The molecule has 2 heterocycles. The molecule has 0 amide bonds. The lowest BCUT2D eigenvalue weighted by atomic mass is 9.93. The summed E-state index contributed by atoms with van der Waals surface area (Å²) in [5.74, 6) is -2.70. The van der Waals surface area contributed by atoms with Crippen molar-refractivity contribution in [1.82, 2.24) is 14.5 Å². The summed E-state index contributed by atoms with van der Waals surface area (Å²) >= 11 is 5.88. The number of halogens is 2. The second-order valence-corrected chi connectivity index (χ2v) is 9.26. The van der Waals surface area contributed by atoms with E-state index in [0.29, 0.717) is 10.9 Å². The van der Waals surface area contributed by atoms with Gasteiger partial charge in [0.15, 0.2) is 0 Å². The lowest BCUT2D eigenvalue weighted by Gasteiger charge is -2.32. The van der Waals surface area contributed by atoms with Crippen LogP contribution in [0, 0.1) is 0 Å². The number of aliphatic hydroxyl groups excluding tert-OH is 1. The number of methoxy groups -OCH3 is 2. The molecule has 1 aromatic carbocycles. The van der Waals surface area contributed by atoms with E-state index in [1.54, 1.807) is 13.8 Å². The molecule has 0 radical (unpaired) electrons. The minimum atomic E-state index is -2.36. The molecule has 0 spiro atoms. The number of nitrogen functional groups attached to an aromatic ring is 1. The topological polar surface area (TPSA) is 174 Å². The predicted molar refractivity (Wildman–Crippen MR) is 147 cm³/mol. The van der Waals surface area contributed by atoms with Crippen LogP contribution >= 0.6 is 11.6 Å². The van der Waals surface area contributed by atoms with Crippen molar-refractivity contribution in [3.63, 3.8) is 0 Å². The van der Waals surface area contributed by atoms with E-state index in [2.05, 4.69) is 9.97 Å². The van der Waals surface area contributed by atoms with Crippen molar-refractivity contribution in [2.75, 3.05) is 39.8 Å². The van der Waals surface area contributed by atoms with E-state index < -0.39 is 48.6 Å². The number of alkyl halides is 1. The molecular formula is C27H32ClFN4O9. The number of rotatable bonds is 14. The highest BCUT2D eigenvalue weighted by Gasteiger charge is 2.51. The Morgan fingerprint density at radius 1 is 1.07 bits per heavy atom. The van der Waals surface area contributed by atoms with Crippen molar-refractivity contribution in [3.05, 3.63) is 52.9 Å². The number of ether oxygens (including phenoxy) is 5. The Hall–Kier alpha value is -3.85. The fraction of sp³-hybridized carbons (Fsp3) is 0.444. The predicted octanol–water partition coefficient (Wildman–Crippen LogP) is 2.42. The maximum Gasteiger partial charge on any atom is 0.350 e. The maximum atomic E-state index is 15.7. The Kier molecular flexibility index (Phi) is 11.2. The van der Waals surface area contributed by atoms with Crippen LogP contribution in [0.1, 0.15) is 36.1 Å². The zero-order valence-corrected chi connectivity index (χ0v) is 24.2. The number of hydrogen-bond donors (Lipinski definition) is 2. The highest BCUT2D eigenvalue weighted by atomic mass is 35.5. The zero-order valence-electron chi connectivity index (χ0n) is 23.4. The van der Waals surface area contributed by atoms with E-state index in [1.807, 2.05) is 0 Å². The van der Waals surface area contributed by atoms with Crippen LogP contribution in [0.25, 0.3) is 11.0 Å². The number of benzene rings is 1. The van der Waals surface area contributed by atoms with Gasteiger partial charge in [-0.3, -0.25) is 4.57 Å². The molecule has 3 rings (SSSR count). The van der Waals surface area contributed by atoms with E-state index in [0.717, 1.165) is 4.57 Å². The van der Waals surface area contributed by atoms with Crippen LogP contribution in [0.2, 0.25) is 5.28 Å². The van der Waals surface area contributed by atoms with Crippen molar-refractivity contribution >= 4 is 46.4 Å². The molecule has 3 atom stereocenters. The monoisotopic (exact) mass is 610 g/mol. The van der Waals surface area contributed by atoms with E-state index in [-0.39, 0.29) is 41.9 Å². The first kappa shape index (κ1) is 32.7.